The maximum atomic E-state index is 12.9. The standard InChI is InChI=1S/C15H18F3NO2/c1-5-8-14(2,3)13(20)19-10-6-7-12(21-4)11(9-10)15(16,17)18/h5-7,9H,1,8H2,2-4H3,(H,19,20). The van der Waals surface area contributed by atoms with E-state index in [0.29, 0.717) is 6.42 Å². The van der Waals surface area contributed by atoms with Crippen molar-refractivity contribution in [3.8, 4) is 5.75 Å². The van der Waals surface area contributed by atoms with Crippen molar-refractivity contribution >= 4 is 11.6 Å². The Bertz CT molecular complexity index is 536. The lowest BCUT2D eigenvalue weighted by Crippen LogP contribution is -2.30. The molecule has 0 heterocycles. The molecule has 0 aliphatic heterocycles. The average molecular weight is 301 g/mol. The Balaban J connectivity index is 3.06. The van der Waals surface area contributed by atoms with Crippen LogP contribution in [0.1, 0.15) is 25.8 Å². The van der Waals surface area contributed by atoms with Crippen LogP contribution in [0.4, 0.5) is 18.9 Å². The highest BCUT2D eigenvalue weighted by atomic mass is 19.4. The van der Waals surface area contributed by atoms with E-state index in [9.17, 15) is 18.0 Å². The molecule has 1 aromatic carbocycles. The molecule has 6 heteroatoms. The largest absolute Gasteiger partial charge is 0.496 e. The van der Waals surface area contributed by atoms with E-state index in [1.54, 1.807) is 19.9 Å². The van der Waals surface area contributed by atoms with Gasteiger partial charge in [0, 0.05) is 11.1 Å². The van der Waals surface area contributed by atoms with Crippen molar-refractivity contribution in [3.63, 3.8) is 0 Å². The second kappa shape index (κ2) is 6.20. The number of benzene rings is 1. The Labute approximate surface area is 121 Å². The van der Waals surface area contributed by atoms with Crippen LogP contribution in [0, 0.1) is 5.41 Å². The molecule has 0 bridgehead atoms. The second-order valence-electron chi connectivity index (χ2n) is 5.24. The van der Waals surface area contributed by atoms with Crippen molar-refractivity contribution in [2.45, 2.75) is 26.4 Å². The summed E-state index contributed by atoms with van der Waals surface area (Å²) in [5, 5.41) is 2.49. The van der Waals surface area contributed by atoms with Gasteiger partial charge in [-0.1, -0.05) is 19.9 Å². The lowest BCUT2D eigenvalue weighted by Gasteiger charge is -2.22. The first-order chi connectivity index (χ1) is 9.61. The molecule has 0 aromatic heterocycles. The highest BCUT2D eigenvalue weighted by molar-refractivity contribution is 5.95. The lowest BCUT2D eigenvalue weighted by atomic mass is 9.88. The monoisotopic (exact) mass is 301 g/mol. The van der Waals surface area contributed by atoms with Gasteiger partial charge >= 0.3 is 6.18 Å². The Morgan fingerprint density at radius 2 is 2.00 bits per heavy atom. The zero-order chi connectivity index (χ0) is 16.3. The van der Waals surface area contributed by atoms with Crippen LogP contribution in [-0.2, 0) is 11.0 Å². The first-order valence-electron chi connectivity index (χ1n) is 6.29. The normalized spacial score (nSPS) is 11.9. The Morgan fingerprint density at radius 1 is 1.38 bits per heavy atom. The molecule has 0 saturated carbocycles. The third-order valence-electron chi connectivity index (χ3n) is 3.03. The number of methoxy groups -OCH3 is 1. The molecule has 1 amide bonds. The summed E-state index contributed by atoms with van der Waals surface area (Å²) >= 11 is 0. The number of anilines is 1. The molecule has 0 aliphatic carbocycles. The highest BCUT2D eigenvalue weighted by Gasteiger charge is 2.35. The summed E-state index contributed by atoms with van der Waals surface area (Å²) in [6, 6.07) is 3.41. The fourth-order valence-electron chi connectivity index (χ4n) is 1.76. The molecule has 3 nitrogen and oxygen atoms in total. The van der Waals surface area contributed by atoms with Crippen LogP contribution >= 0.6 is 0 Å². The van der Waals surface area contributed by atoms with E-state index < -0.39 is 17.2 Å². The number of ether oxygens (including phenoxy) is 1. The van der Waals surface area contributed by atoms with Gasteiger partial charge in [-0.2, -0.15) is 13.2 Å². The molecule has 0 atom stereocenters. The quantitative estimate of drug-likeness (QED) is 0.825. The van der Waals surface area contributed by atoms with E-state index in [-0.39, 0.29) is 17.3 Å². The van der Waals surface area contributed by atoms with Crippen molar-refractivity contribution in [2.75, 3.05) is 12.4 Å². The second-order valence-corrected chi connectivity index (χ2v) is 5.24. The summed E-state index contributed by atoms with van der Waals surface area (Å²) in [4.78, 5) is 12.1. The molecular weight excluding hydrogens is 283 g/mol. The summed E-state index contributed by atoms with van der Waals surface area (Å²) in [6.45, 7) is 6.94. The van der Waals surface area contributed by atoms with Crippen LogP contribution in [0.2, 0.25) is 0 Å². The summed E-state index contributed by atoms with van der Waals surface area (Å²) in [5.41, 5.74) is -1.60. The zero-order valence-electron chi connectivity index (χ0n) is 12.2. The Hall–Kier alpha value is -1.98. The first kappa shape index (κ1) is 17.1. The summed E-state index contributed by atoms with van der Waals surface area (Å²) in [7, 11) is 1.16. The molecule has 1 aromatic rings. The molecule has 116 valence electrons. The van der Waals surface area contributed by atoms with Gasteiger partial charge in [-0.25, -0.2) is 0 Å². The van der Waals surface area contributed by atoms with Crippen molar-refractivity contribution in [1.29, 1.82) is 0 Å². The summed E-state index contributed by atoms with van der Waals surface area (Å²) in [6.07, 6.45) is -2.54. The number of alkyl halides is 3. The first-order valence-corrected chi connectivity index (χ1v) is 6.29. The molecule has 1 rings (SSSR count). The lowest BCUT2D eigenvalue weighted by molar-refractivity contribution is -0.138. The fourth-order valence-corrected chi connectivity index (χ4v) is 1.76. The van der Waals surface area contributed by atoms with Crippen molar-refractivity contribution < 1.29 is 22.7 Å². The maximum Gasteiger partial charge on any atom is 0.420 e. The molecule has 0 aliphatic rings. The van der Waals surface area contributed by atoms with Gasteiger partial charge in [0.2, 0.25) is 5.91 Å². The Morgan fingerprint density at radius 3 is 2.48 bits per heavy atom. The van der Waals surface area contributed by atoms with Crippen molar-refractivity contribution in [3.05, 3.63) is 36.4 Å². The minimum atomic E-state index is -4.55. The third-order valence-corrected chi connectivity index (χ3v) is 3.03. The number of allylic oxidation sites excluding steroid dienone is 1. The molecular formula is C15H18F3NO2. The molecule has 0 unspecified atom stereocenters. The number of carbonyl (C=O) groups is 1. The highest BCUT2D eigenvalue weighted by Crippen LogP contribution is 2.38. The van der Waals surface area contributed by atoms with Crippen molar-refractivity contribution in [1.82, 2.24) is 0 Å². The van der Waals surface area contributed by atoms with Gasteiger partial charge < -0.3 is 10.1 Å². The van der Waals surface area contributed by atoms with Crippen LogP contribution in [0.3, 0.4) is 0 Å². The predicted octanol–water partition coefficient (Wildman–Crippen LogP) is 4.25. The SMILES string of the molecule is C=CCC(C)(C)C(=O)Nc1ccc(OC)c(C(F)(F)F)c1. The maximum absolute atomic E-state index is 12.9. The van der Waals surface area contributed by atoms with Crippen LogP contribution in [0.15, 0.2) is 30.9 Å². The molecule has 0 radical (unpaired) electrons. The fraction of sp³-hybridized carbons (Fsp3) is 0.400. The minimum absolute atomic E-state index is 0.0743. The number of hydrogen-bond acceptors (Lipinski definition) is 2. The third kappa shape index (κ3) is 4.24. The number of nitrogens with one attached hydrogen (secondary N) is 1. The van der Waals surface area contributed by atoms with E-state index in [1.165, 1.54) is 12.1 Å². The van der Waals surface area contributed by atoms with E-state index in [4.69, 9.17) is 4.74 Å². The number of carbonyl (C=O) groups excluding carboxylic acids is 1. The summed E-state index contributed by atoms with van der Waals surface area (Å²) in [5.74, 6) is -0.661. The van der Waals surface area contributed by atoms with Gasteiger partial charge in [0.25, 0.3) is 0 Å². The van der Waals surface area contributed by atoms with E-state index in [1.807, 2.05) is 0 Å². The van der Waals surface area contributed by atoms with Crippen LogP contribution < -0.4 is 10.1 Å². The zero-order valence-corrected chi connectivity index (χ0v) is 12.2. The van der Waals surface area contributed by atoms with E-state index >= 15 is 0 Å². The molecule has 0 fully saturated rings. The number of hydrogen-bond donors (Lipinski definition) is 1. The molecule has 21 heavy (non-hydrogen) atoms. The van der Waals surface area contributed by atoms with Gasteiger partial charge in [0.1, 0.15) is 5.75 Å². The number of amides is 1. The van der Waals surface area contributed by atoms with Gasteiger partial charge in [-0.05, 0) is 24.6 Å². The molecule has 0 saturated heterocycles. The van der Waals surface area contributed by atoms with E-state index in [0.717, 1.165) is 13.2 Å². The van der Waals surface area contributed by atoms with Gasteiger partial charge in [-0.15, -0.1) is 6.58 Å². The number of rotatable bonds is 5. The average Bonchev–Trinajstić information content (AvgIpc) is 2.37. The van der Waals surface area contributed by atoms with Crippen LogP contribution in [0.5, 0.6) is 5.75 Å². The topological polar surface area (TPSA) is 38.3 Å². The predicted molar refractivity (Wildman–Crippen MR) is 75.2 cm³/mol. The Kier molecular flexibility index (Phi) is 5.04. The summed E-state index contributed by atoms with van der Waals surface area (Å²) < 4.78 is 43.4. The molecule has 1 N–H and O–H groups in total. The van der Waals surface area contributed by atoms with Crippen molar-refractivity contribution in [2.24, 2.45) is 5.41 Å². The van der Waals surface area contributed by atoms with E-state index in [2.05, 4.69) is 11.9 Å². The van der Waals surface area contributed by atoms with Crippen LogP contribution in [-0.4, -0.2) is 13.0 Å². The van der Waals surface area contributed by atoms with Gasteiger partial charge in [0.15, 0.2) is 0 Å². The molecule has 0 spiro atoms. The smallest absolute Gasteiger partial charge is 0.420 e. The van der Waals surface area contributed by atoms with Gasteiger partial charge in [-0.3, -0.25) is 4.79 Å². The van der Waals surface area contributed by atoms with Crippen LogP contribution in [0.25, 0.3) is 0 Å². The van der Waals surface area contributed by atoms with Gasteiger partial charge in [0.05, 0.1) is 12.7 Å². The number of halogens is 3. The minimum Gasteiger partial charge on any atom is -0.496 e.